The number of fused-ring (bicyclic) bond motifs is 1. The fourth-order valence-electron chi connectivity index (χ4n) is 2.29. The van der Waals surface area contributed by atoms with Gasteiger partial charge in [0.2, 0.25) is 0 Å². The van der Waals surface area contributed by atoms with Crippen LogP contribution in [0.2, 0.25) is 0 Å². The van der Waals surface area contributed by atoms with Gasteiger partial charge >= 0.3 is 0 Å². The third kappa shape index (κ3) is 3.85. The summed E-state index contributed by atoms with van der Waals surface area (Å²) >= 11 is 0. The Bertz CT molecular complexity index is 600. The van der Waals surface area contributed by atoms with Gasteiger partial charge in [-0.1, -0.05) is 42.5 Å². The number of aliphatic imine (C=N–C) groups is 1. The van der Waals surface area contributed by atoms with Crippen LogP contribution >= 0.6 is 24.0 Å². The zero-order chi connectivity index (χ0) is 13.1. The summed E-state index contributed by atoms with van der Waals surface area (Å²) in [5, 5.41) is 5.80. The predicted octanol–water partition coefficient (Wildman–Crippen LogP) is 3.07. The first-order valence-electron chi connectivity index (χ1n) is 6.86. The third-order valence-corrected chi connectivity index (χ3v) is 3.47. The highest BCUT2D eigenvalue weighted by molar-refractivity contribution is 14.0. The Labute approximate surface area is 136 Å². The van der Waals surface area contributed by atoms with E-state index in [0.29, 0.717) is 12.0 Å². The third-order valence-electron chi connectivity index (χ3n) is 3.47. The number of nitrogens with one attached hydrogen (secondary N) is 1. The molecule has 4 heteroatoms. The van der Waals surface area contributed by atoms with Crippen molar-refractivity contribution in [2.24, 2.45) is 10.7 Å². The van der Waals surface area contributed by atoms with Crippen molar-refractivity contribution in [3.63, 3.8) is 0 Å². The second-order valence-corrected chi connectivity index (χ2v) is 5.07. The molecular formula is C16H20IN3. The molecule has 2 aromatic carbocycles. The zero-order valence-electron chi connectivity index (χ0n) is 11.4. The van der Waals surface area contributed by atoms with Crippen molar-refractivity contribution in [1.82, 2.24) is 5.32 Å². The molecule has 20 heavy (non-hydrogen) atoms. The molecule has 106 valence electrons. The average Bonchev–Trinajstić information content (AvgIpc) is 3.23. The molecule has 0 amide bonds. The van der Waals surface area contributed by atoms with Gasteiger partial charge in [0.25, 0.3) is 0 Å². The Kier molecular flexibility index (Phi) is 5.23. The lowest BCUT2D eigenvalue weighted by atomic mass is 10.0. The highest BCUT2D eigenvalue weighted by atomic mass is 127. The van der Waals surface area contributed by atoms with Crippen molar-refractivity contribution in [3.05, 3.63) is 48.0 Å². The maximum atomic E-state index is 5.83. The van der Waals surface area contributed by atoms with E-state index < -0.39 is 0 Å². The van der Waals surface area contributed by atoms with Gasteiger partial charge in [0.1, 0.15) is 0 Å². The van der Waals surface area contributed by atoms with Gasteiger partial charge < -0.3 is 11.1 Å². The average molecular weight is 381 g/mol. The lowest BCUT2D eigenvalue weighted by molar-refractivity contribution is 0.871. The van der Waals surface area contributed by atoms with E-state index >= 15 is 0 Å². The Morgan fingerprint density at radius 1 is 1.15 bits per heavy atom. The molecule has 1 fully saturated rings. The normalized spacial score (nSPS) is 14.9. The minimum atomic E-state index is 0. The standard InChI is InChI=1S/C16H19N3.HI/c17-16(19-14-8-9-14)18-11-10-13-6-3-5-12-4-1-2-7-15(12)13;/h1-7,14H,8-11H2,(H3,17,18,19);1H. The summed E-state index contributed by atoms with van der Waals surface area (Å²) in [6.45, 7) is 0.736. The fraction of sp³-hybridized carbons (Fsp3) is 0.312. The molecule has 3 rings (SSSR count). The molecule has 1 aliphatic carbocycles. The molecule has 1 saturated carbocycles. The van der Waals surface area contributed by atoms with Gasteiger partial charge in [-0.2, -0.15) is 0 Å². The van der Waals surface area contributed by atoms with E-state index in [2.05, 4.69) is 52.8 Å². The number of nitrogens with zero attached hydrogens (tertiary/aromatic N) is 1. The molecule has 1 aliphatic rings. The molecule has 2 aromatic rings. The van der Waals surface area contributed by atoms with Crippen molar-refractivity contribution >= 4 is 40.7 Å². The first-order chi connectivity index (χ1) is 9.33. The van der Waals surface area contributed by atoms with E-state index in [4.69, 9.17) is 5.73 Å². The predicted molar refractivity (Wildman–Crippen MR) is 95.7 cm³/mol. The Hall–Kier alpha value is -1.30. The van der Waals surface area contributed by atoms with Crippen LogP contribution in [0.25, 0.3) is 10.8 Å². The number of guanidine groups is 1. The maximum Gasteiger partial charge on any atom is 0.188 e. The number of benzene rings is 2. The number of nitrogens with two attached hydrogens (primary N) is 1. The first-order valence-corrected chi connectivity index (χ1v) is 6.86. The second kappa shape index (κ2) is 6.92. The van der Waals surface area contributed by atoms with Crippen LogP contribution in [0.1, 0.15) is 18.4 Å². The SMILES string of the molecule is I.NC(=NCCc1cccc2ccccc12)NC1CC1. The number of halogens is 1. The molecule has 3 nitrogen and oxygen atoms in total. The summed E-state index contributed by atoms with van der Waals surface area (Å²) in [6, 6.07) is 15.5. The fourth-order valence-corrected chi connectivity index (χ4v) is 2.29. The van der Waals surface area contributed by atoms with Crippen LogP contribution in [-0.2, 0) is 6.42 Å². The maximum absolute atomic E-state index is 5.83. The molecule has 0 aromatic heterocycles. The van der Waals surface area contributed by atoms with Crippen LogP contribution in [0.15, 0.2) is 47.5 Å². The van der Waals surface area contributed by atoms with Crippen LogP contribution in [0, 0.1) is 0 Å². The van der Waals surface area contributed by atoms with E-state index in [-0.39, 0.29) is 24.0 Å². The topological polar surface area (TPSA) is 50.4 Å². The van der Waals surface area contributed by atoms with Crippen molar-refractivity contribution in [2.75, 3.05) is 6.54 Å². The van der Waals surface area contributed by atoms with E-state index in [1.54, 1.807) is 0 Å². The van der Waals surface area contributed by atoms with Crippen LogP contribution in [-0.4, -0.2) is 18.5 Å². The molecular weight excluding hydrogens is 361 g/mol. The number of hydrogen-bond donors (Lipinski definition) is 2. The Morgan fingerprint density at radius 2 is 1.90 bits per heavy atom. The Balaban J connectivity index is 0.00000147. The first kappa shape index (κ1) is 15.1. The minimum Gasteiger partial charge on any atom is -0.370 e. The lowest BCUT2D eigenvalue weighted by Gasteiger charge is -2.06. The highest BCUT2D eigenvalue weighted by Crippen LogP contribution is 2.19. The minimum absolute atomic E-state index is 0. The molecule has 0 bridgehead atoms. The molecule has 0 heterocycles. The van der Waals surface area contributed by atoms with Crippen LogP contribution in [0.4, 0.5) is 0 Å². The number of hydrogen-bond acceptors (Lipinski definition) is 1. The molecule has 0 spiro atoms. The summed E-state index contributed by atoms with van der Waals surface area (Å²) in [5.74, 6) is 0.586. The van der Waals surface area contributed by atoms with Crippen molar-refractivity contribution in [2.45, 2.75) is 25.3 Å². The number of rotatable bonds is 4. The molecule has 3 N–H and O–H groups in total. The highest BCUT2D eigenvalue weighted by Gasteiger charge is 2.21. The summed E-state index contributed by atoms with van der Waals surface area (Å²) < 4.78 is 0. The summed E-state index contributed by atoms with van der Waals surface area (Å²) in [4.78, 5) is 4.39. The Morgan fingerprint density at radius 3 is 2.70 bits per heavy atom. The lowest BCUT2D eigenvalue weighted by Crippen LogP contribution is -2.33. The van der Waals surface area contributed by atoms with E-state index in [1.165, 1.54) is 29.2 Å². The van der Waals surface area contributed by atoms with Crippen LogP contribution in [0.5, 0.6) is 0 Å². The van der Waals surface area contributed by atoms with Gasteiger partial charge in [0.15, 0.2) is 5.96 Å². The molecule has 0 saturated heterocycles. The van der Waals surface area contributed by atoms with Crippen molar-refractivity contribution < 1.29 is 0 Å². The molecule has 0 radical (unpaired) electrons. The quantitative estimate of drug-likeness (QED) is 0.486. The van der Waals surface area contributed by atoms with E-state index in [9.17, 15) is 0 Å². The largest absolute Gasteiger partial charge is 0.370 e. The summed E-state index contributed by atoms with van der Waals surface area (Å²) in [6.07, 6.45) is 3.37. The van der Waals surface area contributed by atoms with Gasteiger partial charge in [-0.3, -0.25) is 4.99 Å². The zero-order valence-corrected chi connectivity index (χ0v) is 13.7. The summed E-state index contributed by atoms with van der Waals surface area (Å²) in [7, 11) is 0. The van der Waals surface area contributed by atoms with E-state index in [1.807, 2.05) is 0 Å². The van der Waals surface area contributed by atoms with Gasteiger partial charge in [-0.25, -0.2) is 0 Å². The van der Waals surface area contributed by atoms with Crippen LogP contribution in [0.3, 0.4) is 0 Å². The van der Waals surface area contributed by atoms with Crippen LogP contribution < -0.4 is 11.1 Å². The smallest absolute Gasteiger partial charge is 0.188 e. The van der Waals surface area contributed by atoms with Gasteiger partial charge in [-0.05, 0) is 35.6 Å². The second-order valence-electron chi connectivity index (χ2n) is 5.07. The van der Waals surface area contributed by atoms with Crippen molar-refractivity contribution in [1.29, 1.82) is 0 Å². The summed E-state index contributed by atoms with van der Waals surface area (Å²) in [5.41, 5.74) is 7.16. The van der Waals surface area contributed by atoms with Crippen molar-refractivity contribution in [3.8, 4) is 0 Å². The van der Waals surface area contributed by atoms with E-state index in [0.717, 1.165) is 13.0 Å². The molecule has 0 unspecified atom stereocenters. The van der Waals surface area contributed by atoms with Gasteiger partial charge in [0, 0.05) is 12.6 Å². The van der Waals surface area contributed by atoms with Gasteiger partial charge in [0.05, 0.1) is 0 Å². The van der Waals surface area contributed by atoms with Gasteiger partial charge in [-0.15, -0.1) is 24.0 Å². The molecule has 0 aliphatic heterocycles. The molecule has 0 atom stereocenters. The monoisotopic (exact) mass is 381 g/mol.